The number of benzene rings is 1. The molecule has 0 radical (unpaired) electrons. The highest BCUT2D eigenvalue weighted by Gasteiger charge is 2.23. The first kappa shape index (κ1) is 14.6. The maximum absolute atomic E-state index is 10.6. The zero-order valence-corrected chi connectivity index (χ0v) is 13.7. The third kappa shape index (κ3) is 2.61. The number of rotatable bonds is 4. The number of aromatic nitrogens is 2. The normalized spacial score (nSPS) is 13.0. The number of halogens is 2. The van der Waals surface area contributed by atoms with Crippen LogP contribution in [-0.4, -0.2) is 14.9 Å². The van der Waals surface area contributed by atoms with Gasteiger partial charge >= 0.3 is 0 Å². The number of aliphatic hydroxyl groups is 1. The molecule has 0 aliphatic rings. The summed E-state index contributed by atoms with van der Waals surface area (Å²) in [6.07, 6.45) is 1.52. The van der Waals surface area contributed by atoms with E-state index < -0.39 is 6.10 Å². The number of aliphatic hydroxyl groups excluding tert-OH is 1. The summed E-state index contributed by atoms with van der Waals surface area (Å²) in [5, 5.41) is 16.2. The predicted molar refractivity (Wildman–Crippen MR) is 85.5 cm³/mol. The van der Waals surface area contributed by atoms with E-state index in [1.54, 1.807) is 10.9 Å². The van der Waals surface area contributed by atoms with Gasteiger partial charge < -0.3 is 9.52 Å². The number of nitrogens with zero attached hydrogens (tertiary/aromatic N) is 2. The third-order valence-corrected chi connectivity index (χ3v) is 4.23. The van der Waals surface area contributed by atoms with Crippen LogP contribution in [0.15, 0.2) is 39.4 Å². The van der Waals surface area contributed by atoms with E-state index in [1.807, 2.05) is 31.2 Å². The van der Waals surface area contributed by atoms with Crippen LogP contribution in [0.3, 0.4) is 0 Å². The molecule has 1 unspecified atom stereocenters. The van der Waals surface area contributed by atoms with Gasteiger partial charge in [-0.05, 0) is 34.5 Å². The summed E-state index contributed by atoms with van der Waals surface area (Å²) in [7, 11) is 0. The molecule has 0 saturated carbocycles. The van der Waals surface area contributed by atoms with Gasteiger partial charge in [-0.15, -0.1) is 0 Å². The first-order valence-corrected chi connectivity index (χ1v) is 7.86. The number of hydrogen-bond donors (Lipinski definition) is 1. The average molecular weight is 370 g/mol. The van der Waals surface area contributed by atoms with Crippen LogP contribution in [0.1, 0.15) is 30.9 Å². The molecule has 4 nitrogen and oxygen atoms in total. The van der Waals surface area contributed by atoms with Crippen molar-refractivity contribution in [3.05, 3.63) is 51.4 Å². The Balaban J connectivity index is 2.06. The Morgan fingerprint density at radius 2 is 2.29 bits per heavy atom. The van der Waals surface area contributed by atoms with E-state index in [2.05, 4.69) is 21.0 Å². The van der Waals surface area contributed by atoms with Crippen molar-refractivity contribution >= 4 is 38.5 Å². The molecule has 0 saturated heterocycles. The molecule has 1 N–H and O–H groups in total. The molecule has 0 aliphatic heterocycles. The minimum atomic E-state index is -0.939. The Bertz CT molecular complexity index is 781. The summed E-state index contributed by atoms with van der Waals surface area (Å²) >= 11 is 9.60. The highest BCUT2D eigenvalue weighted by Crippen LogP contribution is 2.34. The summed E-state index contributed by atoms with van der Waals surface area (Å²) in [6.45, 7) is 2.74. The monoisotopic (exact) mass is 368 g/mol. The van der Waals surface area contributed by atoms with Crippen molar-refractivity contribution in [2.24, 2.45) is 0 Å². The number of furan rings is 1. The molecule has 0 spiro atoms. The van der Waals surface area contributed by atoms with E-state index in [1.165, 1.54) is 0 Å². The summed E-state index contributed by atoms with van der Waals surface area (Å²) in [5.74, 6) is 0.455. The fourth-order valence-electron chi connectivity index (χ4n) is 2.35. The minimum absolute atomic E-state index is 0.440. The first-order valence-electron chi connectivity index (χ1n) is 6.69. The van der Waals surface area contributed by atoms with Crippen LogP contribution in [0.2, 0.25) is 5.02 Å². The van der Waals surface area contributed by atoms with Gasteiger partial charge in [-0.3, -0.25) is 4.68 Å². The Morgan fingerprint density at radius 1 is 1.48 bits per heavy atom. The summed E-state index contributed by atoms with van der Waals surface area (Å²) in [4.78, 5) is 0. The SMILES string of the molecule is CCCn1ncc(Cl)c1C(O)c1cc2cccc(Br)c2o1. The van der Waals surface area contributed by atoms with E-state index in [0.717, 1.165) is 16.3 Å². The molecular weight excluding hydrogens is 356 g/mol. The summed E-state index contributed by atoms with van der Waals surface area (Å²) in [5.41, 5.74) is 1.28. The fraction of sp³-hybridized carbons (Fsp3) is 0.267. The van der Waals surface area contributed by atoms with Crippen molar-refractivity contribution < 1.29 is 9.52 Å². The van der Waals surface area contributed by atoms with Gasteiger partial charge in [0.15, 0.2) is 6.10 Å². The maximum atomic E-state index is 10.6. The van der Waals surface area contributed by atoms with E-state index in [0.29, 0.717) is 28.6 Å². The van der Waals surface area contributed by atoms with Crippen molar-refractivity contribution in [3.63, 3.8) is 0 Å². The average Bonchev–Trinajstić information content (AvgIpc) is 3.04. The van der Waals surface area contributed by atoms with Crippen LogP contribution in [0, 0.1) is 0 Å². The van der Waals surface area contributed by atoms with Gasteiger partial charge in [0, 0.05) is 11.9 Å². The Labute approximate surface area is 135 Å². The molecule has 0 fully saturated rings. The van der Waals surface area contributed by atoms with Crippen molar-refractivity contribution in [1.82, 2.24) is 9.78 Å². The lowest BCUT2D eigenvalue weighted by molar-refractivity contribution is 0.181. The van der Waals surface area contributed by atoms with Crippen molar-refractivity contribution in [2.75, 3.05) is 0 Å². The van der Waals surface area contributed by atoms with Crippen LogP contribution in [0.5, 0.6) is 0 Å². The van der Waals surface area contributed by atoms with Gasteiger partial charge in [0.1, 0.15) is 11.3 Å². The lowest BCUT2D eigenvalue weighted by atomic mass is 10.2. The van der Waals surface area contributed by atoms with E-state index in [4.69, 9.17) is 16.0 Å². The Hall–Kier alpha value is -1.30. The topological polar surface area (TPSA) is 51.2 Å². The van der Waals surface area contributed by atoms with Gasteiger partial charge in [-0.2, -0.15) is 5.10 Å². The van der Waals surface area contributed by atoms with E-state index in [-0.39, 0.29) is 0 Å². The lowest BCUT2D eigenvalue weighted by Gasteiger charge is -2.11. The molecule has 0 aliphatic carbocycles. The van der Waals surface area contributed by atoms with Crippen LogP contribution < -0.4 is 0 Å². The van der Waals surface area contributed by atoms with Crippen molar-refractivity contribution in [2.45, 2.75) is 26.0 Å². The molecule has 3 rings (SSSR count). The Morgan fingerprint density at radius 3 is 3.00 bits per heavy atom. The molecular formula is C15H14BrClN2O2. The zero-order chi connectivity index (χ0) is 15.0. The molecule has 21 heavy (non-hydrogen) atoms. The summed E-state index contributed by atoms with van der Waals surface area (Å²) < 4.78 is 8.35. The van der Waals surface area contributed by atoms with Crippen molar-refractivity contribution in [3.8, 4) is 0 Å². The number of para-hydroxylation sites is 1. The Kier molecular flexibility index (Phi) is 4.06. The van der Waals surface area contributed by atoms with Crippen molar-refractivity contribution in [1.29, 1.82) is 0 Å². The maximum Gasteiger partial charge on any atom is 0.155 e. The number of aryl methyl sites for hydroxylation is 1. The molecule has 3 aromatic rings. The molecule has 2 heterocycles. The fourth-order valence-corrected chi connectivity index (χ4v) is 3.06. The second-order valence-corrected chi connectivity index (χ2v) is 6.07. The lowest BCUT2D eigenvalue weighted by Crippen LogP contribution is -2.10. The van der Waals surface area contributed by atoms with Gasteiger partial charge in [0.2, 0.25) is 0 Å². The molecule has 0 amide bonds. The molecule has 1 aromatic carbocycles. The first-order chi connectivity index (χ1) is 10.1. The zero-order valence-electron chi connectivity index (χ0n) is 11.4. The second-order valence-electron chi connectivity index (χ2n) is 4.81. The number of fused-ring (bicyclic) bond motifs is 1. The summed E-state index contributed by atoms with van der Waals surface area (Å²) in [6, 6.07) is 7.58. The van der Waals surface area contributed by atoms with Gasteiger partial charge in [0.05, 0.1) is 21.4 Å². The van der Waals surface area contributed by atoms with Crippen LogP contribution >= 0.6 is 27.5 Å². The van der Waals surface area contributed by atoms with Crippen LogP contribution in [-0.2, 0) is 6.54 Å². The smallest absolute Gasteiger partial charge is 0.155 e. The molecule has 6 heteroatoms. The standard InChI is InChI=1S/C15H14BrClN2O2/c1-2-6-19-13(11(17)8-18-19)14(20)12-7-9-4-3-5-10(16)15(9)21-12/h3-5,7-8,14,20H,2,6H2,1H3. The van der Waals surface area contributed by atoms with Gasteiger partial charge in [-0.1, -0.05) is 30.7 Å². The highest BCUT2D eigenvalue weighted by molar-refractivity contribution is 9.10. The highest BCUT2D eigenvalue weighted by atomic mass is 79.9. The largest absolute Gasteiger partial charge is 0.457 e. The predicted octanol–water partition coefficient (Wildman–Crippen LogP) is 4.54. The van der Waals surface area contributed by atoms with Crippen LogP contribution in [0.25, 0.3) is 11.0 Å². The van der Waals surface area contributed by atoms with Gasteiger partial charge in [0.25, 0.3) is 0 Å². The molecule has 2 aromatic heterocycles. The van der Waals surface area contributed by atoms with E-state index in [9.17, 15) is 5.11 Å². The second kappa shape index (κ2) is 5.83. The third-order valence-electron chi connectivity index (χ3n) is 3.31. The molecule has 110 valence electrons. The molecule has 0 bridgehead atoms. The molecule has 1 atom stereocenters. The quantitative estimate of drug-likeness (QED) is 0.734. The number of hydrogen-bond acceptors (Lipinski definition) is 3. The van der Waals surface area contributed by atoms with Crippen LogP contribution in [0.4, 0.5) is 0 Å². The minimum Gasteiger partial charge on any atom is -0.457 e. The van der Waals surface area contributed by atoms with E-state index >= 15 is 0 Å². The van der Waals surface area contributed by atoms with Gasteiger partial charge in [-0.25, -0.2) is 0 Å².